The van der Waals surface area contributed by atoms with Crippen molar-refractivity contribution in [3.05, 3.63) is 29.3 Å². The molecule has 15 heavy (non-hydrogen) atoms. The molecule has 0 saturated heterocycles. The summed E-state index contributed by atoms with van der Waals surface area (Å²) in [6.07, 6.45) is 1.51. The number of benzene rings is 1. The van der Waals surface area contributed by atoms with Crippen LogP contribution in [0.25, 0.3) is 0 Å². The molecule has 2 rings (SSSR count). The Morgan fingerprint density at radius 3 is 2.60 bits per heavy atom. The van der Waals surface area contributed by atoms with Crippen molar-refractivity contribution in [2.24, 2.45) is 0 Å². The van der Waals surface area contributed by atoms with E-state index in [-0.39, 0.29) is 10.3 Å². The van der Waals surface area contributed by atoms with Crippen molar-refractivity contribution in [3.63, 3.8) is 0 Å². The van der Waals surface area contributed by atoms with Gasteiger partial charge in [-0.2, -0.15) is 8.42 Å². The van der Waals surface area contributed by atoms with Gasteiger partial charge in [-0.1, -0.05) is 26.0 Å². The van der Waals surface area contributed by atoms with E-state index in [0.717, 1.165) is 12.0 Å². The Kier molecular flexibility index (Phi) is 2.15. The predicted molar refractivity (Wildman–Crippen MR) is 56.1 cm³/mol. The third-order valence-corrected chi connectivity index (χ3v) is 4.03. The molecule has 1 aliphatic rings. The Morgan fingerprint density at radius 2 is 2.00 bits per heavy atom. The first-order valence-corrected chi connectivity index (χ1v) is 6.28. The maximum atomic E-state index is 13.0. The summed E-state index contributed by atoms with van der Waals surface area (Å²) in [6, 6.07) is 4.84. The Bertz CT molecular complexity index is 503. The normalized spacial score (nSPS) is 18.9. The van der Waals surface area contributed by atoms with Gasteiger partial charge in [0.25, 0.3) is 0 Å². The highest BCUT2D eigenvalue weighted by Gasteiger charge is 2.33. The molecule has 0 heterocycles. The maximum absolute atomic E-state index is 13.0. The summed E-state index contributed by atoms with van der Waals surface area (Å²) >= 11 is 0. The van der Waals surface area contributed by atoms with Crippen molar-refractivity contribution < 1.29 is 12.3 Å². The molecule has 1 aromatic rings. The Balaban J connectivity index is 2.70. The Labute approximate surface area is 89.3 Å². The van der Waals surface area contributed by atoms with E-state index in [1.807, 2.05) is 19.9 Å². The van der Waals surface area contributed by atoms with Crippen LogP contribution in [0.3, 0.4) is 0 Å². The van der Waals surface area contributed by atoms with E-state index in [1.54, 1.807) is 6.07 Å². The molecule has 0 spiro atoms. The standard InChI is InChI=1S/C11H13FO2S/c1-11(2)7-6-8-9(11)4-3-5-10(8)15(12,13)14/h3-5H,6-7H2,1-2H3. The van der Waals surface area contributed by atoms with Gasteiger partial charge >= 0.3 is 10.2 Å². The van der Waals surface area contributed by atoms with Crippen molar-refractivity contribution in [1.82, 2.24) is 0 Å². The highest BCUT2D eigenvalue weighted by atomic mass is 32.3. The Hall–Kier alpha value is -0.900. The van der Waals surface area contributed by atoms with Crippen LogP contribution in [0.2, 0.25) is 0 Å². The van der Waals surface area contributed by atoms with E-state index in [0.29, 0.717) is 12.0 Å². The van der Waals surface area contributed by atoms with Crippen LogP contribution >= 0.6 is 0 Å². The first-order valence-electron chi connectivity index (χ1n) is 4.89. The summed E-state index contributed by atoms with van der Waals surface area (Å²) in [5.41, 5.74) is 1.57. The molecule has 82 valence electrons. The van der Waals surface area contributed by atoms with Gasteiger partial charge in [-0.15, -0.1) is 3.89 Å². The highest BCUT2D eigenvalue weighted by Crippen LogP contribution is 2.41. The van der Waals surface area contributed by atoms with Gasteiger partial charge in [-0.05, 0) is 35.4 Å². The van der Waals surface area contributed by atoms with Gasteiger partial charge in [0.2, 0.25) is 0 Å². The van der Waals surface area contributed by atoms with Crippen LogP contribution in [0.4, 0.5) is 3.89 Å². The molecular weight excluding hydrogens is 215 g/mol. The van der Waals surface area contributed by atoms with Crippen LogP contribution in [0, 0.1) is 0 Å². The summed E-state index contributed by atoms with van der Waals surface area (Å²) in [4.78, 5) is -0.148. The summed E-state index contributed by atoms with van der Waals surface area (Å²) in [5, 5.41) is 0. The van der Waals surface area contributed by atoms with E-state index >= 15 is 0 Å². The third-order valence-electron chi connectivity index (χ3n) is 3.12. The largest absolute Gasteiger partial charge is 0.332 e. The molecule has 0 atom stereocenters. The van der Waals surface area contributed by atoms with Gasteiger partial charge in [0.15, 0.2) is 0 Å². The smallest absolute Gasteiger partial charge is 0.189 e. The summed E-state index contributed by atoms with van der Waals surface area (Å²) in [7, 11) is -4.58. The van der Waals surface area contributed by atoms with E-state index in [2.05, 4.69) is 0 Å². The van der Waals surface area contributed by atoms with E-state index in [1.165, 1.54) is 6.07 Å². The molecule has 0 saturated carbocycles. The molecular formula is C11H13FO2S. The lowest BCUT2D eigenvalue weighted by Gasteiger charge is -2.18. The Morgan fingerprint density at radius 1 is 1.33 bits per heavy atom. The van der Waals surface area contributed by atoms with Crippen LogP contribution < -0.4 is 0 Å². The first kappa shape index (κ1) is 10.6. The van der Waals surface area contributed by atoms with E-state index in [4.69, 9.17) is 0 Å². The van der Waals surface area contributed by atoms with Crippen molar-refractivity contribution >= 4 is 10.2 Å². The molecule has 0 amide bonds. The minimum Gasteiger partial charge on any atom is -0.189 e. The molecule has 0 aromatic heterocycles. The van der Waals surface area contributed by atoms with Gasteiger partial charge in [-0.25, -0.2) is 0 Å². The minimum absolute atomic E-state index is 0.0456. The summed E-state index contributed by atoms with van der Waals surface area (Å²) in [6.45, 7) is 4.10. The van der Waals surface area contributed by atoms with Gasteiger partial charge in [-0.3, -0.25) is 0 Å². The zero-order chi connectivity index (χ0) is 11.3. The molecule has 4 heteroatoms. The average molecular weight is 228 g/mol. The van der Waals surface area contributed by atoms with Gasteiger partial charge < -0.3 is 0 Å². The molecule has 0 aliphatic heterocycles. The molecule has 1 aromatic carbocycles. The molecule has 0 N–H and O–H groups in total. The first-order chi connectivity index (χ1) is 6.82. The lowest BCUT2D eigenvalue weighted by Crippen LogP contribution is -2.12. The highest BCUT2D eigenvalue weighted by molar-refractivity contribution is 7.86. The van der Waals surface area contributed by atoms with Crippen LogP contribution in [-0.4, -0.2) is 8.42 Å². The van der Waals surface area contributed by atoms with Crippen LogP contribution in [0.15, 0.2) is 23.1 Å². The summed E-state index contributed by atoms with van der Waals surface area (Å²) < 4.78 is 34.9. The van der Waals surface area contributed by atoms with E-state index < -0.39 is 10.2 Å². The predicted octanol–water partition coefficient (Wildman–Crippen LogP) is 2.57. The minimum atomic E-state index is -4.58. The zero-order valence-electron chi connectivity index (χ0n) is 8.75. The average Bonchev–Trinajstić information content (AvgIpc) is 2.41. The maximum Gasteiger partial charge on any atom is 0.332 e. The van der Waals surface area contributed by atoms with Crippen LogP contribution in [0.1, 0.15) is 31.4 Å². The molecule has 1 aliphatic carbocycles. The van der Waals surface area contributed by atoms with Crippen molar-refractivity contribution in [3.8, 4) is 0 Å². The fourth-order valence-electron chi connectivity index (χ4n) is 2.26. The summed E-state index contributed by atoms with van der Waals surface area (Å²) in [5.74, 6) is 0. The second kappa shape index (κ2) is 3.04. The van der Waals surface area contributed by atoms with Gasteiger partial charge in [0.1, 0.15) is 4.90 Å². The second-order valence-electron chi connectivity index (χ2n) is 4.60. The number of fused-ring (bicyclic) bond motifs is 1. The van der Waals surface area contributed by atoms with Gasteiger partial charge in [0.05, 0.1) is 0 Å². The monoisotopic (exact) mass is 228 g/mol. The van der Waals surface area contributed by atoms with Gasteiger partial charge in [0, 0.05) is 0 Å². The van der Waals surface area contributed by atoms with Crippen molar-refractivity contribution in [1.29, 1.82) is 0 Å². The number of halogens is 1. The molecule has 2 nitrogen and oxygen atoms in total. The number of hydrogen-bond donors (Lipinski definition) is 0. The SMILES string of the molecule is CC1(C)CCc2c1cccc2S(=O)(=O)F. The molecule has 0 unspecified atom stereocenters. The quantitative estimate of drug-likeness (QED) is 0.692. The zero-order valence-corrected chi connectivity index (χ0v) is 9.57. The fourth-order valence-corrected chi connectivity index (χ4v) is 3.01. The topological polar surface area (TPSA) is 34.1 Å². The van der Waals surface area contributed by atoms with Crippen molar-refractivity contribution in [2.45, 2.75) is 37.0 Å². The fraction of sp³-hybridized carbons (Fsp3) is 0.455. The van der Waals surface area contributed by atoms with Crippen molar-refractivity contribution in [2.75, 3.05) is 0 Å². The number of hydrogen-bond acceptors (Lipinski definition) is 2. The lowest BCUT2D eigenvalue weighted by atomic mass is 9.87. The lowest BCUT2D eigenvalue weighted by molar-refractivity contribution is 0.522. The van der Waals surface area contributed by atoms with Crippen LogP contribution in [0.5, 0.6) is 0 Å². The third kappa shape index (κ3) is 1.67. The molecule has 0 bridgehead atoms. The second-order valence-corrected chi connectivity index (χ2v) is 5.92. The van der Waals surface area contributed by atoms with E-state index in [9.17, 15) is 12.3 Å². The molecule has 0 fully saturated rings. The number of rotatable bonds is 1. The van der Waals surface area contributed by atoms with Crippen LogP contribution in [-0.2, 0) is 22.1 Å². The molecule has 0 radical (unpaired) electrons.